The van der Waals surface area contributed by atoms with Crippen LogP contribution in [0.4, 0.5) is 11.5 Å². The average molecular weight is 282 g/mol. The number of fused-ring (bicyclic) bond motifs is 1. The van der Waals surface area contributed by atoms with Crippen LogP contribution < -0.4 is 10.6 Å². The van der Waals surface area contributed by atoms with Gasteiger partial charge in [-0.2, -0.15) is 9.61 Å². The van der Waals surface area contributed by atoms with Crippen molar-refractivity contribution in [1.29, 1.82) is 0 Å². The number of pyridine rings is 1. The number of nitrogens with zero attached hydrogens (tertiary/aromatic N) is 4. The smallest absolute Gasteiger partial charge is 0.157 e. The van der Waals surface area contributed by atoms with Crippen LogP contribution in [0.5, 0.6) is 0 Å². The van der Waals surface area contributed by atoms with Gasteiger partial charge in [-0.25, -0.2) is 4.98 Å². The lowest BCUT2D eigenvalue weighted by Gasteiger charge is -2.10. The molecule has 0 unspecified atom stereocenters. The first-order valence-electron chi connectivity index (χ1n) is 7.02. The minimum atomic E-state index is 0.867. The second-order valence-corrected chi connectivity index (χ2v) is 4.83. The molecule has 0 aliphatic rings. The Bertz CT molecular complexity index is 707. The zero-order valence-electron chi connectivity index (χ0n) is 12.0. The van der Waals surface area contributed by atoms with Crippen LogP contribution in [0, 0.1) is 6.92 Å². The van der Waals surface area contributed by atoms with Gasteiger partial charge in [0.15, 0.2) is 5.65 Å². The van der Waals surface area contributed by atoms with Crippen LogP contribution in [0.1, 0.15) is 12.1 Å². The van der Waals surface area contributed by atoms with Gasteiger partial charge >= 0.3 is 0 Å². The first-order chi connectivity index (χ1) is 10.3. The number of nitrogens with one attached hydrogen (secondary N) is 2. The number of hydrogen-bond donors (Lipinski definition) is 2. The molecule has 0 fully saturated rings. The molecule has 3 aromatic rings. The maximum atomic E-state index is 4.42. The lowest BCUT2D eigenvalue weighted by molar-refractivity contribution is 0.871. The molecular weight excluding hydrogens is 264 g/mol. The lowest BCUT2D eigenvalue weighted by Crippen LogP contribution is -2.12. The molecule has 0 amide bonds. The Morgan fingerprint density at radius 1 is 1.14 bits per heavy atom. The highest BCUT2D eigenvalue weighted by Crippen LogP contribution is 2.11. The van der Waals surface area contributed by atoms with Crippen LogP contribution >= 0.6 is 0 Å². The topological polar surface area (TPSA) is 67.1 Å². The monoisotopic (exact) mass is 282 g/mol. The number of aromatic nitrogens is 4. The van der Waals surface area contributed by atoms with Crippen LogP contribution in [0.2, 0.25) is 0 Å². The van der Waals surface area contributed by atoms with E-state index in [2.05, 4.69) is 25.7 Å². The van der Waals surface area contributed by atoms with Gasteiger partial charge in [-0.05, 0) is 25.5 Å². The van der Waals surface area contributed by atoms with E-state index in [1.807, 2.05) is 41.9 Å². The van der Waals surface area contributed by atoms with Gasteiger partial charge in [-0.15, -0.1) is 0 Å². The maximum absolute atomic E-state index is 4.42. The lowest BCUT2D eigenvalue weighted by atomic mass is 10.3. The Morgan fingerprint density at radius 3 is 2.90 bits per heavy atom. The standard InChI is InChI=1S/C15H18N6/c1-12-10-15(21-14(20-12)5-9-19-21)18-8-3-7-17-13-4-2-6-16-11-13/h2,4-6,9-11,17-18H,3,7-8H2,1H3. The van der Waals surface area contributed by atoms with Crippen molar-refractivity contribution in [3.8, 4) is 0 Å². The summed E-state index contributed by atoms with van der Waals surface area (Å²) in [6.45, 7) is 3.75. The van der Waals surface area contributed by atoms with Gasteiger partial charge in [-0.3, -0.25) is 4.98 Å². The van der Waals surface area contributed by atoms with Crippen LogP contribution in [-0.2, 0) is 0 Å². The highest BCUT2D eigenvalue weighted by molar-refractivity contribution is 5.48. The molecule has 0 saturated heterocycles. The fourth-order valence-corrected chi connectivity index (χ4v) is 2.17. The zero-order chi connectivity index (χ0) is 14.5. The number of aryl methyl sites for hydroxylation is 1. The molecule has 21 heavy (non-hydrogen) atoms. The second-order valence-electron chi connectivity index (χ2n) is 4.83. The Balaban J connectivity index is 1.52. The second kappa shape index (κ2) is 6.21. The minimum Gasteiger partial charge on any atom is -0.384 e. The molecule has 108 valence electrons. The Morgan fingerprint density at radius 2 is 2.05 bits per heavy atom. The fourth-order valence-electron chi connectivity index (χ4n) is 2.17. The van der Waals surface area contributed by atoms with Crippen molar-refractivity contribution in [2.45, 2.75) is 13.3 Å². The molecule has 0 radical (unpaired) electrons. The van der Waals surface area contributed by atoms with Crippen molar-refractivity contribution in [2.24, 2.45) is 0 Å². The molecule has 3 heterocycles. The summed E-state index contributed by atoms with van der Waals surface area (Å²) >= 11 is 0. The summed E-state index contributed by atoms with van der Waals surface area (Å²) in [4.78, 5) is 8.49. The first-order valence-corrected chi connectivity index (χ1v) is 7.02. The van der Waals surface area contributed by atoms with Gasteiger partial charge in [0, 0.05) is 43.3 Å². The third kappa shape index (κ3) is 3.28. The first kappa shape index (κ1) is 13.4. The third-order valence-corrected chi connectivity index (χ3v) is 3.14. The van der Waals surface area contributed by atoms with E-state index >= 15 is 0 Å². The SMILES string of the molecule is Cc1cc(NCCCNc2cccnc2)n2nccc2n1. The number of anilines is 2. The average Bonchev–Trinajstić information content (AvgIpc) is 2.96. The highest BCUT2D eigenvalue weighted by atomic mass is 15.3. The molecule has 0 saturated carbocycles. The Kier molecular flexibility index (Phi) is 3.95. The summed E-state index contributed by atoms with van der Waals surface area (Å²) in [5.74, 6) is 0.976. The van der Waals surface area contributed by atoms with Crippen LogP contribution in [0.15, 0.2) is 42.9 Å². The quantitative estimate of drug-likeness (QED) is 0.679. The molecule has 2 N–H and O–H groups in total. The van der Waals surface area contributed by atoms with Crippen molar-refractivity contribution in [1.82, 2.24) is 19.6 Å². The zero-order valence-corrected chi connectivity index (χ0v) is 12.0. The van der Waals surface area contributed by atoms with Crippen molar-refractivity contribution >= 4 is 17.2 Å². The molecule has 3 rings (SSSR count). The molecule has 0 bridgehead atoms. The molecular formula is C15H18N6. The Labute approximate surface area is 123 Å². The minimum absolute atomic E-state index is 0.867. The number of hydrogen-bond acceptors (Lipinski definition) is 5. The summed E-state index contributed by atoms with van der Waals surface area (Å²) in [5.41, 5.74) is 2.90. The summed E-state index contributed by atoms with van der Waals surface area (Å²) in [6, 6.07) is 7.85. The molecule has 0 aliphatic heterocycles. The Hall–Kier alpha value is -2.63. The van der Waals surface area contributed by atoms with E-state index in [0.29, 0.717) is 0 Å². The van der Waals surface area contributed by atoms with Crippen molar-refractivity contribution in [3.05, 3.63) is 48.5 Å². The highest BCUT2D eigenvalue weighted by Gasteiger charge is 2.03. The summed E-state index contributed by atoms with van der Waals surface area (Å²) in [6.07, 6.45) is 6.36. The van der Waals surface area contributed by atoms with E-state index in [-0.39, 0.29) is 0 Å². The van der Waals surface area contributed by atoms with Crippen LogP contribution in [0.3, 0.4) is 0 Å². The molecule has 6 heteroatoms. The van der Waals surface area contributed by atoms with Crippen molar-refractivity contribution in [3.63, 3.8) is 0 Å². The normalized spacial score (nSPS) is 10.7. The molecule has 6 nitrogen and oxygen atoms in total. The summed E-state index contributed by atoms with van der Waals surface area (Å²) in [7, 11) is 0. The van der Waals surface area contributed by atoms with E-state index in [1.54, 1.807) is 12.4 Å². The van der Waals surface area contributed by atoms with Gasteiger partial charge in [0.1, 0.15) is 5.82 Å². The molecule has 0 aromatic carbocycles. The van der Waals surface area contributed by atoms with E-state index < -0.39 is 0 Å². The van der Waals surface area contributed by atoms with Gasteiger partial charge in [0.25, 0.3) is 0 Å². The molecule has 3 aromatic heterocycles. The largest absolute Gasteiger partial charge is 0.384 e. The van der Waals surface area contributed by atoms with Gasteiger partial charge in [-0.1, -0.05) is 0 Å². The number of rotatable bonds is 6. The molecule has 0 atom stereocenters. The van der Waals surface area contributed by atoms with E-state index in [4.69, 9.17) is 0 Å². The van der Waals surface area contributed by atoms with Gasteiger partial charge in [0.05, 0.1) is 11.9 Å². The molecule has 0 spiro atoms. The summed E-state index contributed by atoms with van der Waals surface area (Å²) < 4.78 is 1.82. The van der Waals surface area contributed by atoms with Crippen LogP contribution in [-0.4, -0.2) is 32.7 Å². The molecule has 0 aliphatic carbocycles. The van der Waals surface area contributed by atoms with E-state index in [0.717, 1.165) is 42.4 Å². The van der Waals surface area contributed by atoms with E-state index in [9.17, 15) is 0 Å². The third-order valence-electron chi connectivity index (χ3n) is 3.14. The maximum Gasteiger partial charge on any atom is 0.157 e. The fraction of sp³-hybridized carbons (Fsp3) is 0.267. The summed E-state index contributed by atoms with van der Waals surface area (Å²) in [5, 5.41) is 11.0. The van der Waals surface area contributed by atoms with Crippen molar-refractivity contribution < 1.29 is 0 Å². The predicted octanol–water partition coefficient (Wildman–Crippen LogP) is 2.35. The van der Waals surface area contributed by atoms with E-state index in [1.165, 1.54) is 0 Å². The van der Waals surface area contributed by atoms with Gasteiger partial charge in [0.2, 0.25) is 0 Å². The van der Waals surface area contributed by atoms with Crippen LogP contribution in [0.25, 0.3) is 5.65 Å². The van der Waals surface area contributed by atoms with Gasteiger partial charge < -0.3 is 10.6 Å². The van der Waals surface area contributed by atoms with Crippen molar-refractivity contribution in [2.75, 3.05) is 23.7 Å². The predicted molar refractivity (Wildman–Crippen MR) is 83.6 cm³/mol.